The van der Waals surface area contributed by atoms with E-state index in [2.05, 4.69) is 0 Å². The average molecular weight is 136 g/mol. The van der Waals surface area contributed by atoms with Gasteiger partial charge < -0.3 is 9.84 Å². The molecule has 1 fully saturated rings. The molecule has 1 saturated heterocycles. The summed E-state index contributed by atoms with van der Waals surface area (Å²) >= 11 is 0. The van der Waals surface area contributed by atoms with E-state index in [1.54, 1.807) is 12.1 Å². The van der Waals surface area contributed by atoms with Crippen molar-refractivity contribution in [2.45, 2.75) is 6.10 Å². The molecule has 2 nitrogen and oxygen atoms in total. The second-order valence-electron chi connectivity index (χ2n) is 2.38. The summed E-state index contributed by atoms with van der Waals surface area (Å²) in [5.41, 5.74) is 0.905. The zero-order valence-electron chi connectivity index (χ0n) is 5.45. The number of ether oxygens (including phenoxy) is 1. The van der Waals surface area contributed by atoms with Crippen LogP contribution >= 0.6 is 0 Å². The Hall–Kier alpha value is -1.02. The lowest BCUT2D eigenvalue weighted by atomic mass is 10.1. The Bertz CT molecular complexity index is 241. The zero-order chi connectivity index (χ0) is 6.97. The van der Waals surface area contributed by atoms with Gasteiger partial charge in [-0.15, -0.1) is 0 Å². The van der Waals surface area contributed by atoms with E-state index in [1.807, 2.05) is 12.1 Å². The quantitative estimate of drug-likeness (QED) is 0.593. The summed E-state index contributed by atoms with van der Waals surface area (Å²) < 4.78 is 5.02. The van der Waals surface area contributed by atoms with Crippen molar-refractivity contribution in [2.24, 2.45) is 0 Å². The fourth-order valence-electron chi connectivity index (χ4n) is 0.987. The molecule has 2 heteroatoms. The SMILES string of the molecule is Oc1ccccc1[C@@H]1CO1. The number of para-hydroxylation sites is 1. The van der Waals surface area contributed by atoms with E-state index in [4.69, 9.17) is 4.74 Å². The lowest BCUT2D eigenvalue weighted by molar-refractivity contribution is 0.401. The minimum absolute atomic E-state index is 0.154. The van der Waals surface area contributed by atoms with Crippen LogP contribution in [0.4, 0.5) is 0 Å². The van der Waals surface area contributed by atoms with E-state index in [9.17, 15) is 5.11 Å². The largest absolute Gasteiger partial charge is 0.508 e. The van der Waals surface area contributed by atoms with Gasteiger partial charge in [-0.25, -0.2) is 0 Å². The topological polar surface area (TPSA) is 32.8 Å². The minimum Gasteiger partial charge on any atom is -0.508 e. The van der Waals surface area contributed by atoms with Gasteiger partial charge in [-0.2, -0.15) is 0 Å². The van der Waals surface area contributed by atoms with Crippen LogP contribution in [0.5, 0.6) is 5.75 Å². The molecule has 0 amide bonds. The molecule has 0 aromatic heterocycles. The van der Waals surface area contributed by atoms with Gasteiger partial charge in [-0.1, -0.05) is 18.2 Å². The Morgan fingerprint density at radius 3 is 2.70 bits per heavy atom. The van der Waals surface area contributed by atoms with Crippen LogP contribution in [0.15, 0.2) is 24.3 Å². The van der Waals surface area contributed by atoms with Crippen LogP contribution in [0.2, 0.25) is 0 Å². The predicted molar refractivity (Wildman–Crippen MR) is 36.8 cm³/mol. The number of hydrogen-bond donors (Lipinski definition) is 1. The number of aromatic hydroxyl groups is 1. The molecule has 0 radical (unpaired) electrons. The second-order valence-corrected chi connectivity index (χ2v) is 2.38. The average Bonchev–Trinajstić information content (AvgIpc) is 2.71. The van der Waals surface area contributed by atoms with Gasteiger partial charge in [-0.05, 0) is 6.07 Å². The molecule has 0 unspecified atom stereocenters. The number of phenolic OH excluding ortho intramolecular Hbond substituents is 1. The highest BCUT2D eigenvalue weighted by atomic mass is 16.6. The first-order valence-electron chi connectivity index (χ1n) is 3.27. The summed E-state index contributed by atoms with van der Waals surface area (Å²) in [5.74, 6) is 0.338. The van der Waals surface area contributed by atoms with Gasteiger partial charge in [-0.3, -0.25) is 0 Å². The first-order chi connectivity index (χ1) is 4.88. The van der Waals surface area contributed by atoms with E-state index in [0.29, 0.717) is 5.75 Å². The number of benzene rings is 1. The van der Waals surface area contributed by atoms with E-state index in [-0.39, 0.29) is 6.10 Å². The lowest BCUT2D eigenvalue weighted by Crippen LogP contribution is -1.79. The molecule has 0 saturated carbocycles. The van der Waals surface area contributed by atoms with Gasteiger partial charge in [0.1, 0.15) is 11.9 Å². The summed E-state index contributed by atoms with van der Waals surface area (Å²) in [7, 11) is 0. The van der Waals surface area contributed by atoms with Crippen molar-refractivity contribution in [3.63, 3.8) is 0 Å². The van der Waals surface area contributed by atoms with Crippen molar-refractivity contribution in [3.05, 3.63) is 29.8 Å². The van der Waals surface area contributed by atoms with Crippen molar-refractivity contribution in [1.82, 2.24) is 0 Å². The number of hydrogen-bond acceptors (Lipinski definition) is 2. The molecule has 1 heterocycles. The molecular formula is C8H8O2. The Balaban J connectivity index is 2.39. The molecular weight excluding hydrogens is 128 g/mol. The number of rotatable bonds is 1. The van der Waals surface area contributed by atoms with Crippen LogP contribution in [-0.2, 0) is 4.74 Å². The van der Waals surface area contributed by atoms with Crippen LogP contribution in [0.3, 0.4) is 0 Å². The molecule has 0 bridgehead atoms. The third kappa shape index (κ3) is 0.866. The number of phenols is 1. The Morgan fingerprint density at radius 2 is 2.10 bits per heavy atom. The molecule has 1 aliphatic rings. The molecule has 1 aliphatic heterocycles. The Morgan fingerprint density at radius 1 is 1.40 bits per heavy atom. The van der Waals surface area contributed by atoms with Crippen molar-refractivity contribution in [2.75, 3.05) is 6.61 Å². The second kappa shape index (κ2) is 1.99. The maximum atomic E-state index is 9.24. The highest BCUT2D eigenvalue weighted by Gasteiger charge is 2.26. The summed E-state index contributed by atoms with van der Waals surface area (Å²) in [6.45, 7) is 0.748. The molecule has 1 N–H and O–H groups in total. The molecule has 0 spiro atoms. The van der Waals surface area contributed by atoms with Gasteiger partial charge in [0.25, 0.3) is 0 Å². The summed E-state index contributed by atoms with van der Waals surface area (Å²) in [4.78, 5) is 0. The fourth-order valence-corrected chi connectivity index (χ4v) is 0.987. The van der Waals surface area contributed by atoms with Gasteiger partial charge in [0, 0.05) is 5.56 Å². The van der Waals surface area contributed by atoms with Crippen molar-refractivity contribution in [1.29, 1.82) is 0 Å². The highest BCUT2D eigenvalue weighted by molar-refractivity contribution is 5.35. The van der Waals surface area contributed by atoms with E-state index >= 15 is 0 Å². The Labute approximate surface area is 59.1 Å². The molecule has 1 aromatic rings. The normalized spacial score (nSPS) is 22.6. The van der Waals surface area contributed by atoms with Crippen LogP contribution < -0.4 is 0 Å². The first-order valence-corrected chi connectivity index (χ1v) is 3.27. The van der Waals surface area contributed by atoms with Crippen LogP contribution in [0.1, 0.15) is 11.7 Å². The molecule has 0 aliphatic carbocycles. The fraction of sp³-hybridized carbons (Fsp3) is 0.250. The van der Waals surface area contributed by atoms with E-state index < -0.39 is 0 Å². The third-order valence-electron chi connectivity index (χ3n) is 1.62. The predicted octanol–water partition coefficient (Wildman–Crippen LogP) is 1.46. The lowest BCUT2D eigenvalue weighted by Gasteiger charge is -1.96. The summed E-state index contributed by atoms with van der Waals surface area (Å²) in [5, 5.41) is 9.24. The minimum atomic E-state index is 0.154. The maximum Gasteiger partial charge on any atom is 0.121 e. The van der Waals surface area contributed by atoms with Crippen molar-refractivity contribution in [3.8, 4) is 5.75 Å². The van der Waals surface area contributed by atoms with Crippen LogP contribution in [-0.4, -0.2) is 11.7 Å². The van der Waals surface area contributed by atoms with E-state index in [1.165, 1.54) is 0 Å². The van der Waals surface area contributed by atoms with Crippen LogP contribution in [0.25, 0.3) is 0 Å². The van der Waals surface area contributed by atoms with Gasteiger partial charge >= 0.3 is 0 Å². The maximum absolute atomic E-state index is 9.24. The smallest absolute Gasteiger partial charge is 0.121 e. The molecule has 2 rings (SSSR count). The molecule has 52 valence electrons. The highest BCUT2D eigenvalue weighted by Crippen LogP contribution is 2.34. The zero-order valence-corrected chi connectivity index (χ0v) is 5.45. The van der Waals surface area contributed by atoms with Crippen molar-refractivity contribution >= 4 is 0 Å². The standard InChI is InChI=1S/C8H8O2/c9-7-4-2-1-3-6(7)8-5-10-8/h1-4,8-9H,5H2/t8-/m0/s1. The molecule has 1 aromatic carbocycles. The van der Waals surface area contributed by atoms with E-state index in [0.717, 1.165) is 12.2 Å². The summed E-state index contributed by atoms with van der Waals surface area (Å²) in [6.07, 6.45) is 0.154. The van der Waals surface area contributed by atoms with Gasteiger partial charge in [0.05, 0.1) is 6.61 Å². The Kier molecular flexibility index (Phi) is 1.14. The van der Waals surface area contributed by atoms with Crippen LogP contribution in [0, 0.1) is 0 Å². The third-order valence-corrected chi connectivity index (χ3v) is 1.62. The molecule has 1 atom stereocenters. The molecule has 10 heavy (non-hydrogen) atoms. The van der Waals surface area contributed by atoms with Gasteiger partial charge in [0.15, 0.2) is 0 Å². The number of epoxide rings is 1. The first kappa shape index (κ1) is 5.74. The van der Waals surface area contributed by atoms with Crippen molar-refractivity contribution < 1.29 is 9.84 Å². The van der Waals surface area contributed by atoms with Gasteiger partial charge in [0.2, 0.25) is 0 Å². The summed E-state index contributed by atoms with van der Waals surface area (Å²) in [6, 6.07) is 7.27. The monoisotopic (exact) mass is 136 g/mol.